The second kappa shape index (κ2) is 10.0. The third kappa shape index (κ3) is 5.03. The van der Waals surface area contributed by atoms with E-state index in [2.05, 4.69) is 10.6 Å². The maximum absolute atomic E-state index is 12.7. The zero-order valence-corrected chi connectivity index (χ0v) is 20.5. The summed E-state index contributed by atoms with van der Waals surface area (Å²) in [6, 6.07) is 16.7. The maximum atomic E-state index is 12.7. The number of fused-ring (bicyclic) bond motifs is 1. The molecule has 4 aromatic rings. The van der Waals surface area contributed by atoms with Crippen molar-refractivity contribution in [3.05, 3.63) is 91.7 Å². The van der Waals surface area contributed by atoms with Crippen molar-refractivity contribution in [2.75, 3.05) is 12.4 Å². The monoisotopic (exact) mass is 532 g/mol. The molecule has 0 saturated carbocycles. The Morgan fingerprint density at radius 2 is 1.74 bits per heavy atom. The Bertz CT molecular complexity index is 1500. The van der Waals surface area contributed by atoms with Crippen molar-refractivity contribution >= 4 is 74.7 Å². The van der Waals surface area contributed by atoms with Gasteiger partial charge >= 0.3 is 5.63 Å². The van der Waals surface area contributed by atoms with Crippen LogP contribution in [0.4, 0.5) is 5.69 Å². The topological polar surface area (TPSA) is 80.6 Å². The number of carbonyl (C=O) groups excluding carboxylic acids is 1. The Kier molecular flexibility index (Phi) is 7.09. The summed E-state index contributed by atoms with van der Waals surface area (Å²) in [5.41, 5.74) is 1.44. The molecule has 0 radical (unpaired) electrons. The van der Waals surface area contributed by atoms with Crippen LogP contribution >= 0.6 is 47.0 Å². The highest BCUT2D eigenvalue weighted by molar-refractivity contribution is 7.80. The molecule has 3 aromatic carbocycles. The van der Waals surface area contributed by atoms with E-state index in [9.17, 15) is 9.59 Å². The van der Waals surface area contributed by atoms with Crippen LogP contribution in [0.1, 0.15) is 10.4 Å². The number of hydrogen-bond acceptors (Lipinski definition) is 5. The maximum Gasteiger partial charge on any atom is 0.344 e. The average Bonchev–Trinajstić information content (AvgIpc) is 2.78. The molecule has 10 heteroatoms. The molecule has 0 aliphatic rings. The largest absolute Gasteiger partial charge is 0.494 e. The molecule has 172 valence electrons. The molecule has 1 aromatic heterocycles. The minimum Gasteiger partial charge on any atom is -0.494 e. The van der Waals surface area contributed by atoms with Crippen LogP contribution in [-0.4, -0.2) is 18.1 Å². The van der Waals surface area contributed by atoms with Gasteiger partial charge in [-0.1, -0.05) is 59.1 Å². The standard InChI is InChI=1S/C24H15Cl3N2O4S/c1-32-21-17(9-13(25)10-19(21)27)22(30)29-24(34)28-14-6-7-15(18(26)11-14)16-8-12-4-2-3-5-20(12)33-23(16)31/h2-11H,1H3,(H2,28,29,30,34). The lowest BCUT2D eigenvalue weighted by atomic mass is 10.1. The van der Waals surface area contributed by atoms with Crippen LogP contribution in [0.15, 0.2) is 69.9 Å². The summed E-state index contributed by atoms with van der Waals surface area (Å²) in [7, 11) is 1.39. The molecule has 1 amide bonds. The first-order valence-corrected chi connectivity index (χ1v) is 11.3. The van der Waals surface area contributed by atoms with Gasteiger partial charge in [0.05, 0.1) is 28.3 Å². The number of nitrogens with one attached hydrogen (secondary N) is 2. The molecule has 4 rings (SSSR count). The number of anilines is 1. The fraction of sp³-hybridized carbons (Fsp3) is 0.0417. The number of thiocarbonyl (C=S) groups is 1. The summed E-state index contributed by atoms with van der Waals surface area (Å²) < 4.78 is 10.6. The predicted molar refractivity (Wildman–Crippen MR) is 140 cm³/mol. The van der Waals surface area contributed by atoms with Crippen LogP contribution in [0, 0.1) is 0 Å². The van der Waals surface area contributed by atoms with Crippen LogP contribution in [0.5, 0.6) is 5.75 Å². The van der Waals surface area contributed by atoms with Gasteiger partial charge in [0.1, 0.15) is 11.3 Å². The second-order valence-electron chi connectivity index (χ2n) is 7.06. The minimum absolute atomic E-state index is 0.0113. The summed E-state index contributed by atoms with van der Waals surface area (Å²) in [4.78, 5) is 25.1. The van der Waals surface area contributed by atoms with Gasteiger partial charge in [0, 0.05) is 21.7 Å². The lowest BCUT2D eigenvalue weighted by molar-refractivity contribution is 0.0975. The van der Waals surface area contributed by atoms with E-state index in [1.165, 1.54) is 19.2 Å². The van der Waals surface area contributed by atoms with Crippen molar-refractivity contribution in [1.29, 1.82) is 0 Å². The van der Waals surface area contributed by atoms with E-state index >= 15 is 0 Å². The van der Waals surface area contributed by atoms with E-state index in [0.29, 0.717) is 27.4 Å². The third-order valence-corrected chi connectivity index (χ3v) is 5.86. The first-order chi connectivity index (χ1) is 16.3. The fourth-order valence-electron chi connectivity index (χ4n) is 3.33. The van der Waals surface area contributed by atoms with Crippen molar-refractivity contribution in [3.63, 3.8) is 0 Å². The van der Waals surface area contributed by atoms with Crippen molar-refractivity contribution < 1.29 is 13.9 Å². The molecule has 0 atom stereocenters. The highest BCUT2D eigenvalue weighted by atomic mass is 35.5. The summed E-state index contributed by atoms with van der Waals surface area (Å²) in [5, 5.41) is 6.97. The molecule has 2 N–H and O–H groups in total. The fourth-order valence-corrected chi connectivity index (χ4v) is 4.39. The van der Waals surface area contributed by atoms with Gasteiger partial charge in [-0.3, -0.25) is 10.1 Å². The SMILES string of the molecule is COc1c(Cl)cc(Cl)cc1C(=O)NC(=S)Nc1ccc(-c2cc3ccccc3oc2=O)c(Cl)c1. The number of hydrogen-bond donors (Lipinski definition) is 2. The van der Waals surface area contributed by atoms with Crippen LogP contribution in [0.3, 0.4) is 0 Å². The molecular weight excluding hydrogens is 519 g/mol. The molecule has 6 nitrogen and oxygen atoms in total. The summed E-state index contributed by atoms with van der Waals surface area (Å²) in [5.74, 6) is -0.386. The van der Waals surface area contributed by atoms with Crippen LogP contribution in [-0.2, 0) is 0 Å². The summed E-state index contributed by atoms with van der Waals surface area (Å²) >= 11 is 23.8. The number of benzene rings is 3. The van der Waals surface area contributed by atoms with Crippen molar-refractivity contribution in [2.24, 2.45) is 0 Å². The van der Waals surface area contributed by atoms with E-state index in [-0.39, 0.29) is 26.5 Å². The molecular formula is C24H15Cl3N2O4S. The van der Waals surface area contributed by atoms with E-state index in [0.717, 1.165) is 5.39 Å². The van der Waals surface area contributed by atoms with E-state index in [1.54, 1.807) is 36.4 Å². The molecule has 0 fully saturated rings. The molecule has 0 saturated heterocycles. The van der Waals surface area contributed by atoms with Crippen LogP contribution in [0.2, 0.25) is 15.1 Å². The molecule has 34 heavy (non-hydrogen) atoms. The third-order valence-electron chi connectivity index (χ3n) is 4.84. The van der Waals surface area contributed by atoms with Crippen molar-refractivity contribution in [1.82, 2.24) is 5.32 Å². The van der Waals surface area contributed by atoms with Crippen LogP contribution in [0.25, 0.3) is 22.1 Å². The second-order valence-corrected chi connectivity index (χ2v) is 8.72. The number of para-hydroxylation sites is 1. The smallest absolute Gasteiger partial charge is 0.344 e. The highest BCUT2D eigenvalue weighted by Crippen LogP contribution is 2.32. The van der Waals surface area contributed by atoms with E-state index < -0.39 is 11.5 Å². The van der Waals surface area contributed by atoms with Crippen molar-refractivity contribution in [2.45, 2.75) is 0 Å². The number of halogens is 3. The predicted octanol–water partition coefficient (Wildman–Crippen LogP) is 6.56. The quantitative estimate of drug-likeness (QED) is 0.229. The zero-order chi connectivity index (χ0) is 24.4. The molecule has 0 bridgehead atoms. The molecule has 0 unspecified atom stereocenters. The van der Waals surface area contributed by atoms with Gasteiger partial charge in [-0.15, -0.1) is 0 Å². The van der Waals surface area contributed by atoms with Gasteiger partial charge in [-0.25, -0.2) is 4.79 Å². The lowest BCUT2D eigenvalue weighted by Gasteiger charge is -2.14. The lowest BCUT2D eigenvalue weighted by Crippen LogP contribution is -2.34. The average molecular weight is 534 g/mol. The number of amides is 1. The first kappa shape index (κ1) is 24.0. The Balaban J connectivity index is 1.53. The molecule has 0 spiro atoms. The van der Waals surface area contributed by atoms with Crippen molar-refractivity contribution in [3.8, 4) is 16.9 Å². The number of ether oxygens (including phenoxy) is 1. The number of rotatable bonds is 4. The Morgan fingerprint density at radius 1 is 0.971 bits per heavy atom. The van der Waals surface area contributed by atoms with Gasteiger partial charge in [0.2, 0.25) is 0 Å². The first-order valence-electron chi connectivity index (χ1n) is 9.75. The van der Waals surface area contributed by atoms with E-state index in [4.69, 9.17) is 56.2 Å². The zero-order valence-electron chi connectivity index (χ0n) is 17.4. The van der Waals surface area contributed by atoms with E-state index in [1.807, 2.05) is 12.1 Å². The Morgan fingerprint density at radius 3 is 2.47 bits per heavy atom. The summed E-state index contributed by atoms with van der Waals surface area (Å²) in [6.07, 6.45) is 0. The van der Waals surface area contributed by atoms with Gasteiger partial charge in [0.25, 0.3) is 5.91 Å². The number of methoxy groups -OCH3 is 1. The van der Waals surface area contributed by atoms with Crippen LogP contribution < -0.4 is 21.0 Å². The summed E-state index contributed by atoms with van der Waals surface area (Å²) in [6.45, 7) is 0. The molecule has 1 heterocycles. The van der Waals surface area contributed by atoms with Gasteiger partial charge in [0.15, 0.2) is 5.11 Å². The highest BCUT2D eigenvalue weighted by Gasteiger charge is 2.18. The molecule has 0 aliphatic heterocycles. The minimum atomic E-state index is -0.560. The molecule has 0 aliphatic carbocycles. The van der Waals surface area contributed by atoms with Gasteiger partial charge in [-0.05, 0) is 48.6 Å². The Hall–Kier alpha value is -3.10. The van der Waals surface area contributed by atoms with Gasteiger partial charge < -0.3 is 14.5 Å². The Labute approximate surface area is 214 Å². The van der Waals surface area contributed by atoms with Gasteiger partial charge in [-0.2, -0.15) is 0 Å². The normalized spacial score (nSPS) is 10.7. The number of carbonyl (C=O) groups is 1.